The van der Waals surface area contributed by atoms with E-state index in [1.807, 2.05) is 18.2 Å². The summed E-state index contributed by atoms with van der Waals surface area (Å²) in [5.74, 6) is 1.62. The molecule has 7 nitrogen and oxygen atoms in total. The lowest BCUT2D eigenvalue weighted by Crippen LogP contribution is -2.46. The van der Waals surface area contributed by atoms with E-state index in [-0.39, 0.29) is 18.2 Å². The molecule has 4 rings (SSSR count). The SMILES string of the molecule is COc1ccc(C(C)=O)cc1CN1C(=O)C(C)ON=C1c1ccc2c(c1)CCO2. The summed E-state index contributed by atoms with van der Waals surface area (Å²) in [7, 11) is 1.56. The molecule has 150 valence electrons. The van der Waals surface area contributed by atoms with Crippen molar-refractivity contribution in [3.63, 3.8) is 0 Å². The molecule has 0 aromatic heterocycles. The molecule has 2 heterocycles. The Kier molecular flexibility index (Phi) is 4.96. The smallest absolute Gasteiger partial charge is 0.272 e. The molecular weight excluding hydrogens is 372 g/mol. The molecule has 0 radical (unpaired) electrons. The molecule has 1 unspecified atom stereocenters. The maximum Gasteiger partial charge on any atom is 0.272 e. The summed E-state index contributed by atoms with van der Waals surface area (Å²) in [4.78, 5) is 31.7. The van der Waals surface area contributed by atoms with Gasteiger partial charge in [0, 0.05) is 23.1 Å². The maximum absolute atomic E-state index is 13.0. The van der Waals surface area contributed by atoms with Crippen LogP contribution >= 0.6 is 0 Å². The fraction of sp³-hybridized carbons (Fsp3) is 0.318. The number of ether oxygens (including phenoxy) is 2. The molecule has 2 aliphatic rings. The van der Waals surface area contributed by atoms with E-state index in [0.29, 0.717) is 23.8 Å². The summed E-state index contributed by atoms with van der Waals surface area (Å²) < 4.78 is 11.0. The van der Waals surface area contributed by atoms with Crippen LogP contribution in [0.4, 0.5) is 0 Å². The highest BCUT2D eigenvalue weighted by molar-refractivity contribution is 6.09. The first-order valence-corrected chi connectivity index (χ1v) is 9.47. The first kappa shape index (κ1) is 19.0. The average molecular weight is 394 g/mol. The van der Waals surface area contributed by atoms with Crippen molar-refractivity contribution in [2.75, 3.05) is 13.7 Å². The van der Waals surface area contributed by atoms with Gasteiger partial charge in [-0.1, -0.05) is 5.16 Å². The first-order valence-electron chi connectivity index (χ1n) is 9.47. The fourth-order valence-corrected chi connectivity index (χ4v) is 3.53. The van der Waals surface area contributed by atoms with E-state index in [2.05, 4.69) is 5.16 Å². The van der Waals surface area contributed by atoms with E-state index in [4.69, 9.17) is 14.3 Å². The number of benzene rings is 2. The van der Waals surface area contributed by atoms with Gasteiger partial charge in [-0.25, -0.2) is 0 Å². The Morgan fingerprint density at radius 2 is 2.10 bits per heavy atom. The van der Waals surface area contributed by atoms with Gasteiger partial charge in [-0.05, 0) is 55.8 Å². The third-order valence-electron chi connectivity index (χ3n) is 5.13. The van der Waals surface area contributed by atoms with E-state index in [9.17, 15) is 9.59 Å². The number of nitrogens with zero attached hydrogens (tertiary/aromatic N) is 2. The lowest BCUT2D eigenvalue weighted by atomic mass is 10.0. The Labute approximate surface area is 168 Å². The highest BCUT2D eigenvalue weighted by Gasteiger charge is 2.33. The van der Waals surface area contributed by atoms with Crippen LogP contribution in [-0.2, 0) is 22.6 Å². The quantitative estimate of drug-likeness (QED) is 0.729. The van der Waals surface area contributed by atoms with Gasteiger partial charge in [-0.2, -0.15) is 0 Å². The molecule has 1 atom stereocenters. The Morgan fingerprint density at radius 3 is 2.86 bits per heavy atom. The number of amidine groups is 1. The Balaban J connectivity index is 1.73. The van der Waals surface area contributed by atoms with Crippen LogP contribution in [0.3, 0.4) is 0 Å². The number of rotatable bonds is 5. The normalized spacial score (nSPS) is 17.9. The largest absolute Gasteiger partial charge is 0.496 e. The molecule has 7 heteroatoms. The summed E-state index contributed by atoms with van der Waals surface area (Å²) in [6.07, 6.45) is 0.120. The molecule has 2 aliphatic heterocycles. The number of ketones is 1. The minimum atomic E-state index is -0.696. The zero-order chi connectivity index (χ0) is 20.5. The van der Waals surface area contributed by atoms with Crippen molar-refractivity contribution in [3.05, 3.63) is 58.7 Å². The van der Waals surface area contributed by atoms with Crippen LogP contribution in [0.1, 0.15) is 40.9 Å². The number of carbonyl (C=O) groups is 2. The van der Waals surface area contributed by atoms with Crippen molar-refractivity contribution in [2.24, 2.45) is 5.16 Å². The van der Waals surface area contributed by atoms with Crippen molar-refractivity contribution in [3.8, 4) is 11.5 Å². The van der Waals surface area contributed by atoms with Gasteiger partial charge in [-0.15, -0.1) is 0 Å². The van der Waals surface area contributed by atoms with Crippen molar-refractivity contribution < 1.29 is 23.9 Å². The molecule has 2 aromatic rings. The summed E-state index contributed by atoms with van der Waals surface area (Å²) in [5.41, 5.74) is 3.13. The Morgan fingerprint density at radius 1 is 1.28 bits per heavy atom. The van der Waals surface area contributed by atoms with E-state index in [0.717, 1.165) is 28.9 Å². The second-order valence-corrected chi connectivity index (χ2v) is 7.09. The van der Waals surface area contributed by atoms with Crippen LogP contribution in [-0.4, -0.2) is 42.2 Å². The number of hydrogen-bond acceptors (Lipinski definition) is 6. The number of methoxy groups -OCH3 is 1. The van der Waals surface area contributed by atoms with E-state index in [1.165, 1.54) is 6.92 Å². The highest BCUT2D eigenvalue weighted by atomic mass is 16.6. The van der Waals surface area contributed by atoms with Gasteiger partial charge in [0.05, 0.1) is 20.3 Å². The van der Waals surface area contributed by atoms with Crippen molar-refractivity contribution in [1.29, 1.82) is 0 Å². The topological polar surface area (TPSA) is 77.4 Å². The molecule has 2 aromatic carbocycles. The monoisotopic (exact) mass is 394 g/mol. The first-order chi connectivity index (χ1) is 14.0. The van der Waals surface area contributed by atoms with Crippen molar-refractivity contribution in [1.82, 2.24) is 4.90 Å². The van der Waals surface area contributed by atoms with Crippen LogP contribution in [0.2, 0.25) is 0 Å². The standard InChI is InChI=1S/C22H22N2O5/c1-13(25)15-4-6-19(27-3)18(10-15)12-24-21(23-29-14(2)22(24)26)17-5-7-20-16(11-17)8-9-28-20/h4-7,10-11,14H,8-9,12H2,1-3H3. The molecule has 0 aliphatic carbocycles. The highest BCUT2D eigenvalue weighted by Crippen LogP contribution is 2.29. The Bertz CT molecular complexity index is 1010. The van der Waals surface area contributed by atoms with Crippen LogP contribution in [0, 0.1) is 0 Å². The second kappa shape index (κ2) is 7.58. The van der Waals surface area contributed by atoms with Gasteiger partial charge < -0.3 is 14.3 Å². The van der Waals surface area contributed by atoms with E-state index >= 15 is 0 Å². The van der Waals surface area contributed by atoms with Crippen LogP contribution in [0.15, 0.2) is 41.6 Å². The van der Waals surface area contributed by atoms with Crippen LogP contribution in [0.5, 0.6) is 11.5 Å². The van der Waals surface area contributed by atoms with Gasteiger partial charge >= 0.3 is 0 Å². The third-order valence-corrected chi connectivity index (χ3v) is 5.13. The van der Waals surface area contributed by atoms with Crippen molar-refractivity contribution >= 4 is 17.5 Å². The molecule has 29 heavy (non-hydrogen) atoms. The maximum atomic E-state index is 13.0. The summed E-state index contributed by atoms with van der Waals surface area (Å²) in [6, 6.07) is 10.9. The second-order valence-electron chi connectivity index (χ2n) is 7.09. The molecular formula is C22H22N2O5. The third kappa shape index (κ3) is 3.55. The number of fused-ring (bicyclic) bond motifs is 1. The molecule has 0 saturated carbocycles. The summed E-state index contributed by atoms with van der Waals surface area (Å²) >= 11 is 0. The van der Waals surface area contributed by atoms with Crippen molar-refractivity contribution in [2.45, 2.75) is 32.9 Å². The zero-order valence-corrected chi connectivity index (χ0v) is 16.6. The van der Waals surface area contributed by atoms with E-state index in [1.54, 1.807) is 37.1 Å². The summed E-state index contributed by atoms with van der Waals surface area (Å²) in [6.45, 7) is 4.03. The van der Waals surface area contributed by atoms with Crippen LogP contribution < -0.4 is 9.47 Å². The van der Waals surface area contributed by atoms with Gasteiger partial charge in [0.15, 0.2) is 11.6 Å². The predicted octanol–water partition coefficient (Wildman–Crippen LogP) is 2.94. The van der Waals surface area contributed by atoms with E-state index < -0.39 is 6.10 Å². The minimum Gasteiger partial charge on any atom is -0.496 e. The number of amides is 1. The van der Waals surface area contributed by atoms with Gasteiger partial charge in [0.25, 0.3) is 5.91 Å². The molecule has 0 fully saturated rings. The van der Waals surface area contributed by atoms with Gasteiger partial charge in [-0.3, -0.25) is 14.5 Å². The van der Waals surface area contributed by atoms with Gasteiger partial charge in [0.2, 0.25) is 6.10 Å². The lowest BCUT2D eigenvalue weighted by Gasteiger charge is -2.30. The molecule has 0 spiro atoms. The lowest BCUT2D eigenvalue weighted by molar-refractivity contribution is -0.142. The molecule has 0 N–H and O–H groups in total. The average Bonchev–Trinajstić information content (AvgIpc) is 3.19. The predicted molar refractivity (Wildman–Crippen MR) is 106 cm³/mol. The van der Waals surface area contributed by atoms with Crippen LogP contribution in [0.25, 0.3) is 0 Å². The summed E-state index contributed by atoms with van der Waals surface area (Å²) in [5, 5.41) is 4.22. The molecule has 0 bridgehead atoms. The fourth-order valence-electron chi connectivity index (χ4n) is 3.53. The van der Waals surface area contributed by atoms with Gasteiger partial charge in [0.1, 0.15) is 11.5 Å². The molecule has 0 saturated heterocycles. The minimum absolute atomic E-state index is 0.0527. The zero-order valence-electron chi connectivity index (χ0n) is 16.6. The number of Topliss-reactive ketones (excluding diaryl/α,β-unsaturated/α-hetero) is 1. The number of carbonyl (C=O) groups excluding carboxylic acids is 2. The Hall–Kier alpha value is -3.35. The number of oxime groups is 1. The molecule has 1 amide bonds. The number of hydrogen-bond donors (Lipinski definition) is 0.